The minimum Gasteiger partial charge on any atom is -0.495 e. The van der Waals surface area contributed by atoms with E-state index in [0.29, 0.717) is 22.6 Å². The van der Waals surface area contributed by atoms with Crippen molar-refractivity contribution in [1.82, 2.24) is 5.32 Å². The van der Waals surface area contributed by atoms with Crippen LogP contribution in [0.3, 0.4) is 0 Å². The largest absolute Gasteiger partial charge is 0.495 e. The molecule has 2 N–H and O–H groups in total. The lowest BCUT2D eigenvalue weighted by Gasteiger charge is -2.12. The summed E-state index contributed by atoms with van der Waals surface area (Å²) in [6.07, 6.45) is -0.155. The highest BCUT2D eigenvalue weighted by atomic mass is 16.6. The Morgan fingerprint density at radius 1 is 1.20 bits per heavy atom. The number of amides is 2. The van der Waals surface area contributed by atoms with Crippen LogP contribution in [0.2, 0.25) is 0 Å². The van der Waals surface area contributed by atoms with Crippen LogP contribution in [0.1, 0.15) is 15.9 Å². The van der Waals surface area contributed by atoms with Crippen molar-refractivity contribution < 1.29 is 19.2 Å². The van der Waals surface area contributed by atoms with E-state index in [1.165, 1.54) is 32.4 Å². The number of hydrogen-bond donors (Lipinski definition) is 2. The smallest absolute Gasteiger partial charge is 0.273 e. The molecular formula is C17H17N3O5. The fraction of sp³-hybridized carbons (Fsp3) is 0.176. The highest BCUT2D eigenvalue weighted by Crippen LogP contribution is 2.26. The first-order valence-electron chi connectivity index (χ1n) is 7.38. The molecule has 0 aliphatic heterocycles. The molecule has 2 aromatic rings. The van der Waals surface area contributed by atoms with Crippen molar-refractivity contribution in [2.24, 2.45) is 0 Å². The number of nitro benzene ring substituents is 1. The van der Waals surface area contributed by atoms with E-state index in [2.05, 4.69) is 10.6 Å². The molecule has 8 nitrogen and oxygen atoms in total. The molecule has 0 saturated heterocycles. The van der Waals surface area contributed by atoms with E-state index < -0.39 is 10.8 Å². The first-order valence-corrected chi connectivity index (χ1v) is 7.38. The summed E-state index contributed by atoms with van der Waals surface area (Å²) in [5.74, 6) is -0.395. The number of ether oxygens (including phenoxy) is 1. The third kappa shape index (κ3) is 4.31. The summed E-state index contributed by atoms with van der Waals surface area (Å²) in [6, 6.07) is 10.6. The van der Waals surface area contributed by atoms with E-state index in [9.17, 15) is 19.7 Å². The Labute approximate surface area is 144 Å². The summed E-state index contributed by atoms with van der Waals surface area (Å²) < 4.78 is 5.19. The monoisotopic (exact) mass is 343 g/mol. The molecule has 0 spiro atoms. The molecule has 0 saturated carbocycles. The maximum atomic E-state index is 12.2. The Kier molecular flexibility index (Phi) is 5.67. The normalized spacial score (nSPS) is 10.0. The number of nitro groups is 1. The van der Waals surface area contributed by atoms with Crippen molar-refractivity contribution >= 4 is 23.2 Å². The van der Waals surface area contributed by atoms with E-state index in [-0.39, 0.29) is 18.0 Å². The molecule has 0 aliphatic carbocycles. The maximum Gasteiger partial charge on any atom is 0.273 e. The van der Waals surface area contributed by atoms with Crippen molar-refractivity contribution in [3.63, 3.8) is 0 Å². The quantitative estimate of drug-likeness (QED) is 0.617. The molecule has 8 heteroatoms. The maximum absolute atomic E-state index is 12.2. The third-order valence-corrected chi connectivity index (χ3v) is 3.50. The summed E-state index contributed by atoms with van der Waals surface area (Å²) in [5, 5.41) is 16.1. The topological polar surface area (TPSA) is 111 Å². The molecule has 130 valence electrons. The summed E-state index contributed by atoms with van der Waals surface area (Å²) in [6.45, 7) is 0. The summed E-state index contributed by atoms with van der Waals surface area (Å²) in [5.41, 5.74) is 0.959. The number of nitrogens with zero attached hydrogens (tertiary/aromatic N) is 1. The van der Waals surface area contributed by atoms with E-state index in [0.717, 1.165) is 0 Å². The summed E-state index contributed by atoms with van der Waals surface area (Å²) in [7, 11) is 2.93. The van der Waals surface area contributed by atoms with Gasteiger partial charge in [0.1, 0.15) is 5.75 Å². The van der Waals surface area contributed by atoms with Gasteiger partial charge in [-0.3, -0.25) is 19.7 Å². The van der Waals surface area contributed by atoms with Gasteiger partial charge in [0, 0.05) is 24.2 Å². The summed E-state index contributed by atoms with van der Waals surface area (Å²) in [4.78, 5) is 34.4. The third-order valence-electron chi connectivity index (χ3n) is 3.50. The highest BCUT2D eigenvalue weighted by molar-refractivity contribution is 5.97. The second-order valence-corrected chi connectivity index (χ2v) is 5.10. The van der Waals surface area contributed by atoms with Gasteiger partial charge in [0.05, 0.1) is 24.1 Å². The van der Waals surface area contributed by atoms with Gasteiger partial charge in [0.2, 0.25) is 5.91 Å². The molecule has 0 atom stereocenters. The van der Waals surface area contributed by atoms with Crippen molar-refractivity contribution in [2.45, 2.75) is 6.42 Å². The summed E-state index contributed by atoms with van der Waals surface area (Å²) >= 11 is 0. The Morgan fingerprint density at radius 3 is 2.56 bits per heavy atom. The SMILES string of the molecule is CNC(=O)c1ccc(NC(=O)Cc2ccccc2[N+](=O)[O-])c(OC)c1. The molecule has 0 heterocycles. The fourth-order valence-electron chi connectivity index (χ4n) is 2.29. The van der Waals surface area contributed by atoms with Crippen LogP contribution >= 0.6 is 0 Å². The zero-order chi connectivity index (χ0) is 18.4. The second-order valence-electron chi connectivity index (χ2n) is 5.10. The minimum absolute atomic E-state index is 0.112. The van der Waals surface area contributed by atoms with Gasteiger partial charge in [-0.2, -0.15) is 0 Å². The minimum atomic E-state index is -0.526. The lowest BCUT2D eigenvalue weighted by molar-refractivity contribution is -0.385. The van der Waals surface area contributed by atoms with Gasteiger partial charge < -0.3 is 15.4 Å². The molecule has 25 heavy (non-hydrogen) atoms. The van der Waals surface area contributed by atoms with Gasteiger partial charge in [-0.25, -0.2) is 0 Å². The molecule has 2 aromatic carbocycles. The van der Waals surface area contributed by atoms with Gasteiger partial charge in [0.25, 0.3) is 11.6 Å². The highest BCUT2D eigenvalue weighted by Gasteiger charge is 2.17. The predicted molar refractivity (Wildman–Crippen MR) is 91.8 cm³/mol. The van der Waals surface area contributed by atoms with Crippen LogP contribution in [0.5, 0.6) is 5.75 Å². The lowest BCUT2D eigenvalue weighted by atomic mass is 10.1. The van der Waals surface area contributed by atoms with Gasteiger partial charge in [0.15, 0.2) is 0 Å². The average molecular weight is 343 g/mol. The number of nitrogens with one attached hydrogen (secondary N) is 2. The zero-order valence-corrected chi connectivity index (χ0v) is 13.7. The average Bonchev–Trinajstić information content (AvgIpc) is 2.61. The van der Waals surface area contributed by atoms with Crippen LogP contribution in [-0.2, 0) is 11.2 Å². The van der Waals surface area contributed by atoms with Crippen LogP contribution in [0.4, 0.5) is 11.4 Å². The predicted octanol–water partition coefficient (Wildman–Crippen LogP) is 2.14. The van der Waals surface area contributed by atoms with Gasteiger partial charge in [-0.15, -0.1) is 0 Å². The van der Waals surface area contributed by atoms with E-state index >= 15 is 0 Å². The molecule has 0 bridgehead atoms. The lowest BCUT2D eigenvalue weighted by Crippen LogP contribution is -2.19. The first-order chi connectivity index (χ1) is 12.0. The molecule has 0 aliphatic rings. The standard InChI is InChI=1S/C17H17N3O5/c1-18-17(22)12-7-8-13(15(9-12)25-2)19-16(21)10-11-5-3-4-6-14(11)20(23)24/h3-9H,10H2,1-2H3,(H,18,22)(H,19,21). The van der Waals surface area contributed by atoms with Crippen LogP contribution in [0, 0.1) is 10.1 Å². The van der Waals surface area contributed by atoms with Crippen LogP contribution < -0.4 is 15.4 Å². The van der Waals surface area contributed by atoms with E-state index in [1.807, 2.05) is 0 Å². The molecule has 0 fully saturated rings. The number of carbonyl (C=O) groups excluding carboxylic acids is 2. The number of hydrogen-bond acceptors (Lipinski definition) is 5. The molecule has 0 radical (unpaired) electrons. The number of carbonyl (C=O) groups is 2. The Hall–Kier alpha value is -3.42. The van der Waals surface area contributed by atoms with Crippen molar-refractivity contribution in [2.75, 3.05) is 19.5 Å². The van der Waals surface area contributed by atoms with Gasteiger partial charge in [-0.05, 0) is 18.2 Å². The van der Waals surface area contributed by atoms with Crippen LogP contribution in [0.25, 0.3) is 0 Å². The van der Waals surface area contributed by atoms with Crippen molar-refractivity contribution in [1.29, 1.82) is 0 Å². The van der Waals surface area contributed by atoms with Gasteiger partial charge in [-0.1, -0.05) is 18.2 Å². The Morgan fingerprint density at radius 2 is 1.92 bits per heavy atom. The second kappa shape index (κ2) is 7.91. The van der Waals surface area contributed by atoms with E-state index in [1.54, 1.807) is 24.3 Å². The Bertz CT molecular complexity index is 820. The van der Waals surface area contributed by atoms with E-state index in [4.69, 9.17) is 4.74 Å². The van der Waals surface area contributed by atoms with Crippen molar-refractivity contribution in [3.8, 4) is 5.75 Å². The molecule has 2 rings (SSSR count). The van der Waals surface area contributed by atoms with Gasteiger partial charge >= 0.3 is 0 Å². The molecule has 2 amide bonds. The fourth-order valence-corrected chi connectivity index (χ4v) is 2.29. The van der Waals surface area contributed by atoms with Crippen LogP contribution in [-0.4, -0.2) is 30.9 Å². The molecule has 0 aromatic heterocycles. The number of methoxy groups -OCH3 is 1. The Balaban J connectivity index is 2.18. The first kappa shape index (κ1) is 17.9. The molecule has 0 unspecified atom stereocenters. The number of para-hydroxylation sites is 1. The van der Waals surface area contributed by atoms with Crippen LogP contribution in [0.15, 0.2) is 42.5 Å². The molecular weight excluding hydrogens is 326 g/mol. The number of benzene rings is 2. The van der Waals surface area contributed by atoms with Crippen molar-refractivity contribution in [3.05, 3.63) is 63.7 Å². The zero-order valence-electron chi connectivity index (χ0n) is 13.7. The number of anilines is 1. The number of rotatable bonds is 6.